The predicted molar refractivity (Wildman–Crippen MR) is 89.7 cm³/mol. The standard InChI is InChI=1S/C18H21N3O3/c1-13(2)21(11-15-5-3-4-8-19-15)18(22)20-10-14-6-7-16-17(9-14)24-12-23-16/h3-9,13H,10-12H2,1-2H3,(H,20,22). The number of fused-ring (bicyclic) bond motifs is 1. The molecule has 2 heterocycles. The summed E-state index contributed by atoms with van der Waals surface area (Å²) in [7, 11) is 0. The van der Waals surface area contributed by atoms with E-state index in [1.807, 2.05) is 50.2 Å². The van der Waals surface area contributed by atoms with Gasteiger partial charge in [0.15, 0.2) is 11.5 Å². The van der Waals surface area contributed by atoms with Crippen LogP contribution >= 0.6 is 0 Å². The molecule has 126 valence electrons. The van der Waals surface area contributed by atoms with Crippen molar-refractivity contribution in [3.63, 3.8) is 0 Å². The van der Waals surface area contributed by atoms with Gasteiger partial charge in [0.2, 0.25) is 6.79 Å². The molecule has 0 aliphatic carbocycles. The van der Waals surface area contributed by atoms with Crippen LogP contribution in [0.4, 0.5) is 4.79 Å². The van der Waals surface area contributed by atoms with E-state index in [1.165, 1.54) is 0 Å². The lowest BCUT2D eigenvalue weighted by molar-refractivity contribution is 0.173. The summed E-state index contributed by atoms with van der Waals surface area (Å²) in [5.41, 5.74) is 1.83. The molecule has 2 amide bonds. The van der Waals surface area contributed by atoms with Crippen LogP contribution in [0.5, 0.6) is 11.5 Å². The summed E-state index contributed by atoms with van der Waals surface area (Å²) in [6, 6.07) is 11.3. The molecule has 0 atom stereocenters. The monoisotopic (exact) mass is 327 g/mol. The number of aromatic nitrogens is 1. The molecule has 1 aliphatic rings. The Labute approximate surface area is 141 Å². The molecule has 6 nitrogen and oxygen atoms in total. The van der Waals surface area contributed by atoms with Crippen molar-refractivity contribution in [1.82, 2.24) is 15.2 Å². The summed E-state index contributed by atoms with van der Waals surface area (Å²) < 4.78 is 10.6. The molecule has 0 saturated heterocycles. The Morgan fingerprint density at radius 3 is 2.83 bits per heavy atom. The topological polar surface area (TPSA) is 63.7 Å². The normalized spacial score (nSPS) is 12.3. The molecular formula is C18H21N3O3. The highest BCUT2D eigenvalue weighted by Crippen LogP contribution is 2.32. The second kappa shape index (κ2) is 7.21. The van der Waals surface area contributed by atoms with Crippen LogP contribution in [0.2, 0.25) is 0 Å². The summed E-state index contributed by atoms with van der Waals surface area (Å²) in [5, 5.41) is 2.95. The second-order valence-electron chi connectivity index (χ2n) is 5.89. The molecule has 0 bridgehead atoms. The first-order valence-electron chi connectivity index (χ1n) is 7.96. The number of urea groups is 1. The second-order valence-corrected chi connectivity index (χ2v) is 5.89. The number of hydrogen-bond donors (Lipinski definition) is 1. The molecule has 0 radical (unpaired) electrons. The minimum absolute atomic E-state index is 0.0729. The molecule has 0 saturated carbocycles. The van der Waals surface area contributed by atoms with E-state index < -0.39 is 0 Å². The smallest absolute Gasteiger partial charge is 0.318 e. The van der Waals surface area contributed by atoms with Crippen LogP contribution in [0.25, 0.3) is 0 Å². The lowest BCUT2D eigenvalue weighted by Gasteiger charge is -2.26. The molecule has 0 fully saturated rings. The average molecular weight is 327 g/mol. The first-order valence-corrected chi connectivity index (χ1v) is 7.96. The van der Waals surface area contributed by atoms with E-state index in [0.717, 1.165) is 22.8 Å². The molecular weight excluding hydrogens is 306 g/mol. The summed E-state index contributed by atoms with van der Waals surface area (Å²) in [6.45, 7) is 5.13. The predicted octanol–water partition coefficient (Wildman–Crippen LogP) is 2.93. The SMILES string of the molecule is CC(C)N(Cc1ccccn1)C(=O)NCc1ccc2c(c1)OCO2. The van der Waals surface area contributed by atoms with Crippen LogP contribution in [-0.4, -0.2) is 28.7 Å². The fourth-order valence-electron chi connectivity index (χ4n) is 2.49. The third kappa shape index (κ3) is 3.76. The Balaban J connectivity index is 1.61. The van der Waals surface area contributed by atoms with Crippen LogP contribution in [0.3, 0.4) is 0 Å². The number of nitrogens with one attached hydrogen (secondary N) is 1. The number of amides is 2. The van der Waals surface area contributed by atoms with Crippen LogP contribution in [0, 0.1) is 0 Å². The Kier molecular flexibility index (Phi) is 4.84. The minimum Gasteiger partial charge on any atom is -0.454 e. The maximum atomic E-state index is 12.5. The zero-order chi connectivity index (χ0) is 16.9. The summed E-state index contributed by atoms with van der Waals surface area (Å²) >= 11 is 0. The van der Waals surface area contributed by atoms with Crippen molar-refractivity contribution in [1.29, 1.82) is 0 Å². The lowest BCUT2D eigenvalue weighted by atomic mass is 10.2. The first-order chi connectivity index (χ1) is 11.6. The van der Waals surface area contributed by atoms with Gasteiger partial charge in [-0.05, 0) is 43.7 Å². The number of pyridine rings is 1. The van der Waals surface area contributed by atoms with Gasteiger partial charge >= 0.3 is 6.03 Å². The van der Waals surface area contributed by atoms with E-state index in [2.05, 4.69) is 10.3 Å². The summed E-state index contributed by atoms with van der Waals surface area (Å²) in [6.07, 6.45) is 1.73. The fraction of sp³-hybridized carbons (Fsp3) is 0.333. The molecule has 6 heteroatoms. The Hall–Kier alpha value is -2.76. The number of ether oxygens (including phenoxy) is 2. The van der Waals surface area contributed by atoms with E-state index in [0.29, 0.717) is 13.1 Å². The van der Waals surface area contributed by atoms with Gasteiger partial charge in [-0.3, -0.25) is 4.98 Å². The van der Waals surface area contributed by atoms with Gasteiger partial charge in [0.1, 0.15) is 0 Å². The zero-order valence-electron chi connectivity index (χ0n) is 13.9. The number of hydrogen-bond acceptors (Lipinski definition) is 4. The van der Waals surface area contributed by atoms with Gasteiger partial charge in [-0.15, -0.1) is 0 Å². The Bertz CT molecular complexity index is 704. The van der Waals surface area contributed by atoms with Gasteiger partial charge in [-0.1, -0.05) is 12.1 Å². The van der Waals surface area contributed by atoms with Gasteiger partial charge in [0.05, 0.1) is 12.2 Å². The van der Waals surface area contributed by atoms with Crippen molar-refractivity contribution in [3.8, 4) is 11.5 Å². The van der Waals surface area contributed by atoms with Crippen LogP contribution < -0.4 is 14.8 Å². The number of benzene rings is 1. The van der Waals surface area contributed by atoms with Crippen molar-refractivity contribution < 1.29 is 14.3 Å². The highest BCUT2D eigenvalue weighted by molar-refractivity contribution is 5.74. The van der Waals surface area contributed by atoms with Gasteiger partial charge in [-0.2, -0.15) is 0 Å². The van der Waals surface area contributed by atoms with E-state index in [9.17, 15) is 4.79 Å². The van der Waals surface area contributed by atoms with E-state index >= 15 is 0 Å². The first kappa shape index (κ1) is 16.1. The largest absolute Gasteiger partial charge is 0.454 e. The number of nitrogens with zero attached hydrogens (tertiary/aromatic N) is 2. The van der Waals surface area contributed by atoms with Gasteiger partial charge in [-0.25, -0.2) is 4.79 Å². The molecule has 1 aromatic carbocycles. The molecule has 0 unspecified atom stereocenters. The molecule has 1 aromatic heterocycles. The van der Waals surface area contributed by atoms with Crippen LogP contribution in [0.15, 0.2) is 42.6 Å². The van der Waals surface area contributed by atoms with Gasteiger partial charge < -0.3 is 19.7 Å². The van der Waals surface area contributed by atoms with E-state index in [-0.39, 0.29) is 18.9 Å². The van der Waals surface area contributed by atoms with E-state index in [4.69, 9.17) is 9.47 Å². The molecule has 2 aromatic rings. The van der Waals surface area contributed by atoms with Crippen molar-refractivity contribution in [2.75, 3.05) is 6.79 Å². The van der Waals surface area contributed by atoms with Gasteiger partial charge in [0.25, 0.3) is 0 Å². The summed E-state index contributed by atoms with van der Waals surface area (Å²) in [5.74, 6) is 1.46. The van der Waals surface area contributed by atoms with Crippen molar-refractivity contribution >= 4 is 6.03 Å². The maximum Gasteiger partial charge on any atom is 0.318 e. The fourth-order valence-corrected chi connectivity index (χ4v) is 2.49. The number of rotatable bonds is 5. The highest BCUT2D eigenvalue weighted by atomic mass is 16.7. The van der Waals surface area contributed by atoms with E-state index in [1.54, 1.807) is 11.1 Å². The van der Waals surface area contributed by atoms with Crippen molar-refractivity contribution in [2.24, 2.45) is 0 Å². The van der Waals surface area contributed by atoms with Crippen molar-refractivity contribution in [2.45, 2.75) is 33.0 Å². The lowest BCUT2D eigenvalue weighted by Crippen LogP contribution is -2.43. The Morgan fingerprint density at radius 2 is 2.08 bits per heavy atom. The molecule has 24 heavy (non-hydrogen) atoms. The third-order valence-corrected chi connectivity index (χ3v) is 3.82. The maximum absolute atomic E-state index is 12.5. The summed E-state index contributed by atoms with van der Waals surface area (Å²) in [4.78, 5) is 18.6. The third-order valence-electron chi connectivity index (χ3n) is 3.82. The average Bonchev–Trinajstić information content (AvgIpc) is 3.06. The zero-order valence-corrected chi connectivity index (χ0v) is 13.9. The molecule has 1 N–H and O–H groups in total. The molecule has 3 rings (SSSR count). The molecule has 1 aliphatic heterocycles. The molecule has 0 spiro atoms. The number of carbonyl (C=O) groups is 1. The Morgan fingerprint density at radius 1 is 1.25 bits per heavy atom. The number of carbonyl (C=O) groups excluding carboxylic acids is 1. The quantitative estimate of drug-likeness (QED) is 0.917. The minimum atomic E-state index is -0.117. The highest BCUT2D eigenvalue weighted by Gasteiger charge is 2.18. The van der Waals surface area contributed by atoms with Gasteiger partial charge in [0, 0.05) is 18.8 Å². The van der Waals surface area contributed by atoms with Crippen LogP contribution in [0.1, 0.15) is 25.1 Å². The van der Waals surface area contributed by atoms with Crippen molar-refractivity contribution in [3.05, 3.63) is 53.9 Å². The van der Waals surface area contributed by atoms with Crippen LogP contribution in [-0.2, 0) is 13.1 Å².